The Balaban J connectivity index is 2.11. The number of methoxy groups -OCH3 is 4. The largest absolute Gasteiger partial charge is 0.493 e. The molecule has 2 aromatic rings. The van der Waals surface area contributed by atoms with Gasteiger partial charge in [-0.2, -0.15) is 0 Å². The molecule has 1 aliphatic carbocycles. The average molecular weight is 386 g/mol. The Kier molecular flexibility index (Phi) is 4.85. The van der Waals surface area contributed by atoms with E-state index in [2.05, 4.69) is 13.1 Å². The molecule has 2 aliphatic rings. The van der Waals surface area contributed by atoms with Crippen LogP contribution in [0.3, 0.4) is 0 Å². The fraction of sp³-hybridized carbons (Fsp3) is 0.455. The van der Waals surface area contributed by atoms with Gasteiger partial charge in [-0.3, -0.25) is 0 Å². The minimum atomic E-state index is -0.0628. The van der Waals surface area contributed by atoms with Gasteiger partial charge in [0, 0.05) is 29.5 Å². The molecule has 6 heteroatoms. The van der Waals surface area contributed by atoms with Crippen molar-refractivity contribution in [3.8, 4) is 34.1 Å². The summed E-state index contributed by atoms with van der Waals surface area (Å²) in [6.45, 7) is 0.953. The molecule has 0 saturated carbocycles. The lowest BCUT2D eigenvalue weighted by Gasteiger charge is -2.39. The normalized spacial score (nSPS) is 19.5. The Morgan fingerprint density at radius 3 is 2.29 bits per heavy atom. The first-order valence-electron chi connectivity index (χ1n) is 9.57. The third-order valence-corrected chi connectivity index (χ3v) is 6.25. The summed E-state index contributed by atoms with van der Waals surface area (Å²) in [5.41, 5.74) is 6.66. The van der Waals surface area contributed by atoms with Gasteiger partial charge in [-0.25, -0.2) is 0 Å². The predicted octanol–water partition coefficient (Wildman–Crippen LogP) is 1.55. The van der Waals surface area contributed by atoms with Crippen molar-refractivity contribution in [2.45, 2.75) is 25.5 Å². The highest BCUT2D eigenvalue weighted by Crippen LogP contribution is 2.53. The van der Waals surface area contributed by atoms with E-state index in [0.717, 1.165) is 41.8 Å². The lowest BCUT2D eigenvalue weighted by molar-refractivity contribution is -0.914. The van der Waals surface area contributed by atoms with Crippen molar-refractivity contribution in [2.24, 2.45) is 0 Å². The molecule has 2 atom stereocenters. The van der Waals surface area contributed by atoms with Crippen LogP contribution in [0.1, 0.15) is 28.3 Å². The summed E-state index contributed by atoms with van der Waals surface area (Å²) < 4.78 is 22.7. The fourth-order valence-electron chi connectivity index (χ4n) is 4.90. The summed E-state index contributed by atoms with van der Waals surface area (Å²) in [6, 6.07) is 4.41. The summed E-state index contributed by atoms with van der Waals surface area (Å²) in [6.07, 6.45) is 1.81. The van der Waals surface area contributed by atoms with Crippen molar-refractivity contribution in [3.63, 3.8) is 0 Å². The molecule has 2 N–H and O–H groups in total. The highest BCUT2D eigenvalue weighted by atomic mass is 16.5. The van der Waals surface area contributed by atoms with Gasteiger partial charge in [0.1, 0.15) is 6.04 Å². The Morgan fingerprint density at radius 2 is 1.68 bits per heavy atom. The number of ether oxygens (including phenoxy) is 4. The van der Waals surface area contributed by atoms with Crippen LogP contribution in [0.4, 0.5) is 0 Å². The molecule has 6 nitrogen and oxygen atoms in total. The van der Waals surface area contributed by atoms with Gasteiger partial charge in [-0.15, -0.1) is 0 Å². The molecule has 0 aromatic heterocycles. The van der Waals surface area contributed by atoms with E-state index in [1.54, 1.807) is 28.4 Å². The zero-order valence-electron chi connectivity index (χ0n) is 17.1. The van der Waals surface area contributed by atoms with Crippen molar-refractivity contribution in [1.29, 1.82) is 0 Å². The molecule has 1 aliphatic heterocycles. The number of aliphatic hydroxyl groups is 1. The maximum atomic E-state index is 10.1. The Bertz CT molecular complexity index is 924. The number of nitrogens with one attached hydrogen (secondary N) is 1. The second-order valence-corrected chi connectivity index (χ2v) is 7.44. The van der Waals surface area contributed by atoms with Gasteiger partial charge in [0.05, 0.1) is 48.6 Å². The highest BCUT2D eigenvalue weighted by Gasteiger charge is 2.41. The van der Waals surface area contributed by atoms with E-state index >= 15 is 0 Å². The summed E-state index contributed by atoms with van der Waals surface area (Å²) in [4.78, 5) is 1.46. The van der Waals surface area contributed by atoms with Gasteiger partial charge < -0.3 is 29.0 Å². The van der Waals surface area contributed by atoms with Crippen molar-refractivity contribution < 1.29 is 29.0 Å². The number of likely N-dealkylation sites (N-methyl/N-ethyl adjacent to an activating group) is 1. The van der Waals surface area contributed by atoms with Crippen LogP contribution in [0.5, 0.6) is 23.0 Å². The third kappa shape index (κ3) is 2.55. The number of benzene rings is 2. The number of hydrogen-bond donors (Lipinski definition) is 2. The van der Waals surface area contributed by atoms with E-state index in [0.29, 0.717) is 23.3 Å². The van der Waals surface area contributed by atoms with E-state index in [1.165, 1.54) is 21.6 Å². The predicted molar refractivity (Wildman–Crippen MR) is 106 cm³/mol. The fourth-order valence-corrected chi connectivity index (χ4v) is 4.90. The second-order valence-electron chi connectivity index (χ2n) is 7.44. The molecule has 0 spiro atoms. The monoisotopic (exact) mass is 386 g/mol. The first-order valence-corrected chi connectivity index (χ1v) is 9.57. The van der Waals surface area contributed by atoms with Crippen molar-refractivity contribution in [1.82, 2.24) is 0 Å². The average Bonchev–Trinajstić information content (AvgIpc) is 2.73. The summed E-state index contributed by atoms with van der Waals surface area (Å²) >= 11 is 0. The molecule has 0 fully saturated rings. The number of fused-ring (bicyclic) bond motifs is 2. The Hall–Kier alpha value is -2.44. The number of rotatable bonds is 5. The first kappa shape index (κ1) is 18.9. The van der Waals surface area contributed by atoms with Crippen molar-refractivity contribution in [2.75, 3.05) is 42.0 Å². The van der Waals surface area contributed by atoms with E-state index in [9.17, 15) is 5.11 Å². The van der Waals surface area contributed by atoms with Crippen molar-refractivity contribution in [3.05, 3.63) is 34.4 Å². The lowest BCUT2D eigenvalue weighted by Crippen LogP contribution is -3.10. The van der Waals surface area contributed by atoms with Gasteiger partial charge in [0.15, 0.2) is 23.0 Å². The lowest BCUT2D eigenvalue weighted by atomic mass is 9.75. The van der Waals surface area contributed by atoms with Crippen LogP contribution in [0, 0.1) is 0 Å². The minimum absolute atomic E-state index is 0.0628. The second kappa shape index (κ2) is 7.18. The van der Waals surface area contributed by atoms with Gasteiger partial charge >= 0.3 is 0 Å². The van der Waals surface area contributed by atoms with E-state index in [4.69, 9.17) is 18.9 Å². The zero-order chi connectivity index (χ0) is 20.0. The molecule has 0 radical (unpaired) electrons. The summed E-state index contributed by atoms with van der Waals surface area (Å²) in [5.74, 6) is 2.73. The molecule has 0 bridgehead atoms. The van der Waals surface area contributed by atoms with Crippen LogP contribution < -0.4 is 23.8 Å². The minimum Gasteiger partial charge on any atom is -0.493 e. The molecule has 4 rings (SSSR count). The molecular weight excluding hydrogens is 358 g/mol. The van der Waals surface area contributed by atoms with E-state index in [1.807, 2.05) is 6.07 Å². The van der Waals surface area contributed by atoms with Crippen LogP contribution in [0.2, 0.25) is 0 Å². The maximum Gasteiger partial charge on any atom is 0.169 e. The van der Waals surface area contributed by atoms with Crippen LogP contribution in [-0.4, -0.2) is 47.1 Å². The van der Waals surface area contributed by atoms with Crippen LogP contribution >= 0.6 is 0 Å². The Labute approximate surface area is 165 Å². The van der Waals surface area contributed by atoms with Gasteiger partial charge in [-0.05, 0) is 28.8 Å². The first-order chi connectivity index (χ1) is 13.6. The van der Waals surface area contributed by atoms with Crippen LogP contribution in [0.25, 0.3) is 11.1 Å². The van der Waals surface area contributed by atoms with E-state index < -0.39 is 0 Å². The standard InChI is InChI=1S/C22H27NO5/c1-23-7-6-13-15(11-24)21(27-4)22(28-5)20-14-10-18(26-3)17(25-2)9-12(14)8-16(23)19(13)20/h9-10,16,24H,6-8,11H2,1-5H3/p+1/t16-/m1/s1. The molecule has 1 heterocycles. The molecule has 0 saturated heterocycles. The van der Waals surface area contributed by atoms with E-state index in [-0.39, 0.29) is 6.61 Å². The molecule has 2 aromatic carbocycles. The summed E-state index contributed by atoms with van der Waals surface area (Å²) in [7, 11) is 8.83. The SMILES string of the molecule is COc1cc2c(cc1OC)-c1c(OC)c(OC)c(CO)c3c1[C@@H](C2)[NH+](C)CC3. The molecular formula is C22H28NO5+. The number of hydrogen-bond acceptors (Lipinski definition) is 5. The number of quaternary nitrogens is 1. The molecule has 28 heavy (non-hydrogen) atoms. The molecule has 150 valence electrons. The summed E-state index contributed by atoms with van der Waals surface area (Å²) in [5, 5.41) is 10.1. The molecule has 0 amide bonds. The highest BCUT2D eigenvalue weighted by molar-refractivity contribution is 5.86. The molecule has 1 unspecified atom stereocenters. The third-order valence-electron chi connectivity index (χ3n) is 6.25. The van der Waals surface area contributed by atoms with Crippen LogP contribution in [0.15, 0.2) is 12.1 Å². The van der Waals surface area contributed by atoms with Crippen LogP contribution in [-0.2, 0) is 19.4 Å². The quantitative estimate of drug-likeness (QED) is 0.817. The smallest absolute Gasteiger partial charge is 0.169 e. The van der Waals surface area contributed by atoms with Gasteiger partial charge in [0.2, 0.25) is 0 Å². The van der Waals surface area contributed by atoms with Gasteiger partial charge in [0.25, 0.3) is 0 Å². The topological polar surface area (TPSA) is 61.6 Å². The van der Waals surface area contributed by atoms with Gasteiger partial charge in [-0.1, -0.05) is 0 Å². The zero-order valence-corrected chi connectivity index (χ0v) is 17.1. The number of aliphatic hydroxyl groups excluding tert-OH is 1. The van der Waals surface area contributed by atoms with Crippen molar-refractivity contribution >= 4 is 0 Å². The maximum absolute atomic E-state index is 10.1. The Morgan fingerprint density at radius 1 is 1.00 bits per heavy atom.